The van der Waals surface area contributed by atoms with Crippen LogP contribution in [0, 0.1) is 0 Å². The Hall–Kier alpha value is -2.77. The number of aromatic nitrogens is 4. The third kappa shape index (κ3) is 6.64. The second-order valence-corrected chi connectivity index (χ2v) is 11.2. The zero-order valence-electron chi connectivity index (χ0n) is 18.9. The third-order valence-electron chi connectivity index (χ3n) is 4.60. The van der Waals surface area contributed by atoms with Gasteiger partial charge in [-0.15, -0.1) is 21.5 Å². The van der Waals surface area contributed by atoms with Crippen LogP contribution in [0.1, 0.15) is 32.3 Å². The standard InChI is InChI=1S/C21H25N5O5S3/c1-4-26-17(13-34(29,30)16-9-7-6-8-10-16)24-25-21(26)33-14(3)19(28)23-20-22-15(12-32-20)11-18(27)31-5-2/h6-10,12,14H,4-5,11,13H2,1-3H3,(H,22,23,28). The number of esters is 1. The fourth-order valence-electron chi connectivity index (χ4n) is 2.94. The summed E-state index contributed by atoms with van der Waals surface area (Å²) < 4.78 is 32.1. The molecule has 1 aromatic carbocycles. The average molecular weight is 524 g/mol. The van der Waals surface area contributed by atoms with E-state index in [2.05, 4.69) is 20.5 Å². The number of rotatable bonds is 11. The minimum Gasteiger partial charge on any atom is -0.466 e. The number of ether oxygens (including phenoxy) is 1. The largest absolute Gasteiger partial charge is 0.466 e. The van der Waals surface area contributed by atoms with E-state index >= 15 is 0 Å². The van der Waals surface area contributed by atoms with Gasteiger partial charge in [0.1, 0.15) is 11.6 Å². The van der Waals surface area contributed by atoms with Gasteiger partial charge in [-0.3, -0.25) is 9.59 Å². The molecule has 0 aliphatic heterocycles. The zero-order chi connectivity index (χ0) is 24.7. The molecular weight excluding hydrogens is 498 g/mol. The second kappa shape index (κ2) is 11.6. The molecule has 0 spiro atoms. The van der Waals surface area contributed by atoms with Crippen LogP contribution in [0.3, 0.4) is 0 Å². The van der Waals surface area contributed by atoms with Gasteiger partial charge in [0.2, 0.25) is 5.91 Å². The zero-order valence-corrected chi connectivity index (χ0v) is 21.4. The highest BCUT2D eigenvalue weighted by atomic mass is 32.2. The van der Waals surface area contributed by atoms with E-state index in [1.807, 2.05) is 6.92 Å². The number of thioether (sulfide) groups is 1. The van der Waals surface area contributed by atoms with E-state index in [9.17, 15) is 18.0 Å². The van der Waals surface area contributed by atoms with E-state index in [4.69, 9.17) is 4.74 Å². The molecule has 3 aromatic rings. The molecule has 10 nitrogen and oxygen atoms in total. The van der Waals surface area contributed by atoms with Gasteiger partial charge in [0.15, 0.2) is 20.1 Å². The molecule has 1 N–H and O–H groups in total. The Morgan fingerprint density at radius 3 is 2.62 bits per heavy atom. The quantitative estimate of drug-likeness (QED) is 0.297. The molecule has 34 heavy (non-hydrogen) atoms. The smallest absolute Gasteiger partial charge is 0.311 e. The summed E-state index contributed by atoms with van der Waals surface area (Å²) >= 11 is 2.39. The van der Waals surface area contributed by atoms with Gasteiger partial charge in [-0.25, -0.2) is 13.4 Å². The Morgan fingerprint density at radius 2 is 1.94 bits per heavy atom. The molecular formula is C21H25N5O5S3. The number of amides is 1. The van der Waals surface area contributed by atoms with Gasteiger partial charge < -0.3 is 14.6 Å². The molecule has 13 heteroatoms. The van der Waals surface area contributed by atoms with Crippen molar-refractivity contribution in [3.8, 4) is 0 Å². The van der Waals surface area contributed by atoms with Gasteiger partial charge in [0.25, 0.3) is 0 Å². The van der Waals surface area contributed by atoms with Crippen molar-refractivity contribution in [3.63, 3.8) is 0 Å². The van der Waals surface area contributed by atoms with Gasteiger partial charge in [0.05, 0.1) is 28.9 Å². The van der Waals surface area contributed by atoms with Gasteiger partial charge in [-0.1, -0.05) is 30.0 Å². The van der Waals surface area contributed by atoms with E-state index in [1.165, 1.54) is 23.1 Å². The minimum absolute atomic E-state index is 0.0405. The van der Waals surface area contributed by atoms with Crippen molar-refractivity contribution < 1.29 is 22.7 Å². The molecule has 0 aliphatic carbocycles. The Bertz CT molecular complexity index is 1240. The van der Waals surface area contributed by atoms with E-state index < -0.39 is 15.1 Å². The highest BCUT2D eigenvalue weighted by Gasteiger charge is 2.24. The first-order valence-corrected chi connectivity index (χ1v) is 13.9. The van der Waals surface area contributed by atoms with Crippen molar-refractivity contribution >= 4 is 49.9 Å². The lowest BCUT2D eigenvalue weighted by Crippen LogP contribution is -2.23. The summed E-state index contributed by atoms with van der Waals surface area (Å²) in [6.45, 7) is 6.05. The van der Waals surface area contributed by atoms with E-state index in [0.717, 1.165) is 0 Å². The van der Waals surface area contributed by atoms with Crippen molar-refractivity contribution in [1.82, 2.24) is 19.7 Å². The van der Waals surface area contributed by atoms with Crippen LogP contribution in [0.4, 0.5) is 5.13 Å². The van der Waals surface area contributed by atoms with Gasteiger partial charge in [-0.05, 0) is 32.9 Å². The van der Waals surface area contributed by atoms with E-state index in [-0.39, 0.29) is 28.9 Å². The molecule has 0 fully saturated rings. The molecule has 182 valence electrons. The van der Waals surface area contributed by atoms with Gasteiger partial charge in [-0.2, -0.15) is 0 Å². The minimum atomic E-state index is -3.58. The summed E-state index contributed by atoms with van der Waals surface area (Å²) in [5.74, 6) is -0.656. The maximum absolute atomic E-state index is 12.7. The van der Waals surface area contributed by atoms with Crippen LogP contribution in [-0.2, 0) is 42.9 Å². The summed E-state index contributed by atoms with van der Waals surface area (Å²) in [6, 6.07) is 8.17. The molecule has 2 heterocycles. The molecule has 1 unspecified atom stereocenters. The highest BCUT2D eigenvalue weighted by molar-refractivity contribution is 8.00. The van der Waals surface area contributed by atoms with Crippen molar-refractivity contribution in [2.75, 3.05) is 11.9 Å². The monoisotopic (exact) mass is 523 g/mol. The number of carbonyl (C=O) groups excluding carboxylic acids is 2. The second-order valence-electron chi connectivity index (χ2n) is 7.09. The predicted octanol–water partition coefficient (Wildman–Crippen LogP) is 2.95. The summed E-state index contributed by atoms with van der Waals surface area (Å²) in [5.41, 5.74) is 0.522. The average Bonchev–Trinajstić information content (AvgIpc) is 3.40. The molecule has 1 amide bonds. The number of hydrogen-bond acceptors (Lipinski definition) is 10. The number of hydrogen-bond donors (Lipinski definition) is 1. The number of carbonyl (C=O) groups is 2. The van der Waals surface area contributed by atoms with Crippen LogP contribution in [0.25, 0.3) is 0 Å². The van der Waals surface area contributed by atoms with Gasteiger partial charge in [0, 0.05) is 11.9 Å². The number of thiazole rings is 1. The van der Waals surface area contributed by atoms with Crippen LogP contribution < -0.4 is 5.32 Å². The van der Waals surface area contributed by atoms with Crippen molar-refractivity contribution in [2.24, 2.45) is 0 Å². The van der Waals surface area contributed by atoms with Crippen LogP contribution in [0.2, 0.25) is 0 Å². The number of benzene rings is 1. The van der Waals surface area contributed by atoms with Crippen LogP contribution in [0.5, 0.6) is 0 Å². The number of nitrogens with zero attached hydrogens (tertiary/aromatic N) is 4. The highest BCUT2D eigenvalue weighted by Crippen LogP contribution is 2.26. The summed E-state index contributed by atoms with van der Waals surface area (Å²) in [4.78, 5) is 28.7. The van der Waals surface area contributed by atoms with Crippen molar-refractivity contribution in [1.29, 1.82) is 0 Å². The first-order chi connectivity index (χ1) is 16.2. The Balaban J connectivity index is 1.64. The number of nitrogens with one attached hydrogen (secondary N) is 1. The fourth-order valence-corrected chi connectivity index (χ4v) is 5.87. The molecule has 0 saturated heterocycles. The maximum atomic E-state index is 12.7. The predicted molar refractivity (Wildman–Crippen MR) is 129 cm³/mol. The lowest BCUT2D eigenvalue weighted by Gasteiger charge is -2.12. The normalized spacial score (nSPS) is 12.3. The van der Waals surface area contributed by atoms with Crippen molar-refractivity contribution in [3.05, 3.63) is 47.2 Å². The molecule has 2 aromatic heterocycles. The molecule has 0 saturated carbocycles. The van der Waals surface area contributed by atoms with Crippen LogP contribution >= 0.6 is 23.1 Å². The van der Waals surface area contributed by atoms with E-state index in [0.29, 0.717) is 35.0 Å². The maximum Gasteiger partial charge on any atom is 0.311 e. The molecule has 0 radical (unpaired) electrons. The lowest BCUT2D eigenvalue weighted by atomic mass is 10.3. The topological polar surface area (TPSA) is 133 Å². The summed E-state index contributed by atoms with van der Waals surface area (Å²) in [5, 5.41) is 12.9. The first-order valence-electron chi connectivity index (χ1n) is 10.5. The molecule has 1 atom stereocenters. The summed E-state index contributed by atoms with van der Waals surface area (Å²) in [6.07, 6.45) is 0.0405. The van der Waals surface area contributed by atoms with Crippen LogP contribution in [-0.4, -0.2) is 51.9 Å². The Kier molecular flexibility index (Phi) is 8.80. The Morgan fingerprint density at radius 1 is 1.21 bits per heavy atom. The number of sulfone groups is 1. The molecule has 3 rings (SSSR count). The lowest BCUT2D eigenvalue weighted by molar-refractivity contribution is -0.142. The number of anilines is 1. The van der Waals surface area contributed by atoms with Gasteiger partial charge >= 0.3 is 5.97 Å². The fraction of sp³-hybridized carbons (Fsp3) is 0.381. The molecule has 0 aliphatic rings. The SMILES string of the molecule is CCOC(=O)Cc1csc(NC(=O)C(C)Sc2nnc(CS(=O)(=O)c3ccccc3)n2CC)n1. The third-order valence-corrected chi connectivity index (χ3v) is 8.11. The summed E-state index contributed by atoms with van der Waals surface area (Å²) in [7, 11) is -3.58. The first kappa shape index (κ1) is 25.8. The van der Waals surface area contributed by atoms with Crippen molar-refractivity contribution in [2.45, 2.75) is 54.8 Å². The van der Waals surface area contributed by atoms with Crippen LogP contribution in [0.15, 0.2) is 45.8 Å². The molecule has 0 bridgehead atoms. The Labute approximate surface area is 206 Å². The van der Waals surface area contributed by atoms with E-state index in [1.54, 1.807) is 54.1 Å².